The van der Waals surface area contributed by atoms with Crippen LogP contribution in [0.25, 0.3) is 10.8 Å². The van der Waals surface area contributed by atoms with Crippen molar-refractivity contribution >= 4 is 55.8 Å². The van der Waals surface area contributed by atoms with Crippen LogP contribution in [0, 0.1) is 0 Å². The number of hydrazone groups is 1. The van der Waals surface area contributed by atoms with E-state index in [0.717, 1.165) is 67.1 Å². The fraction of sp³-hybridized carbons (Fsp3) is 0.319. The van der Waals surface area contributed by atoms with Crippen LogP contribution in [0.5, 0.6) is 23.0 Å². The van der Waals surface area contributed by atoms with Gasteiger partial charge >= 0.3 is 35.5 Å². The predicted octanol–water partition coefficient (Wildman–Crippen LogP) is 6.24. The zero-order valence-electron chi connectivity index (χ0n) is 36.2. The van der Waals surface area contributed by atoms with E-state index in [0.29, 0.717) is 41.8 Å². The fourth-order valence-corrected chi connectivity index (χ4v) is 7.51. The van der Waals surface area contributed by atoms with E-state index >= 15 is 0 Å². The van der Waals surface area contributed by atoms with Crippen molar-refractivity contribution in [2.45, 2.75) is 89.0 Å². The molecular formula is C47H50N5NaO10S. The van der Waals surface area contributed by atoms with Gasteiger partial charge in [0.05, 0.1) is 28.4 Å². The number of ether oxygens (including phenoxy) is 2. The van der Waals surface area contributed by atoms with Crippen molar-refractivity contribution in [1.29, 1.82) is 0 Å². The smallest absolute Gasteiger partial charge is 0.744 e. The van der Waals surface area contributed by atoms with Crippen molar-refractivity contribution in [3.8, 4) is 23.0 Å². The Kier molecular flexibility index (Phi) is 18.0. The number of phenolic OH excluding ortho intramolecular Hbond substituents is 1. The molecule has 0 aliphatic carbocycles. The Morgan fingerprint density at radius 2 is 1.53 bits per heavy atom. The van der Waals surface area contributed by atoms with Crippen molar-refractivity contribution in [3.63, 3.8) is 0 Å². The molecular weight excluding hydrogens is 850 g/mol. The van der Waals surface area contributed by atoms with Crippen molar-refractivity contribution in [2.24, 2.45) is 15.3 Å². The van der Waals surface area contributed by atoms with E-state index in [-0.39, 0.29) is 52.2 Å². The molecule has 1 aliphatic heterocycles. The van der Waals surface area contributed by atoms with Crippen molar-refractivity contribution < 1.29 is 76.6 Å². The zero-order chi connectivity index (χ0) is 44.9. The van der Waals surface area contributed by atoms with Gasteiger partial charge in [-0.2, -0.15) is 20.3 Å². The zero-order valence-corrected chi connectivity index (χ0v) is 39.0. The van der Waals surface area contributed by atoms with Gasteiger partial charge in [0.15, 0.2) is 5.71 Å². The number of fused-ring (bicyclic) bond motifs is 1. The summed E-state index contributed by atoms with van der Waals surface area (Å²) in [4.78, 5) is 38.0. The average Bonchev–Trinajstić information content (AvgIpc) is 3.61. The second-order valence-electron chi connectivity index (χ2n) is 15.1. The first-order valence-corrected chi connectivity index (χ1v) is 22.5. The van der Waals surface area contributed by atoms with E-state index in [2.05, 4.69) is 52.7 Å². The number of anilines is 1. The van der Waals surface area contributed by atoms with Gasteiger partial charge in [0.2, 0.25) is 6.04 Å². The van der Waals surface area contributed by atoms with Gasteiger partial charge in [0, 0.05) is 17.3 Å². The van der Waals surface area contributed by atoms with E-state index in [1.54, 1.807) is 36.4 Å². The van der Waals surface area contributed by atoms with Crippen LogP contribution < -0.4 is 49.4 Å². The summed E-state index contributed by atoms with van der Waals surface area (Å²) in [6, 6.07) is 23.8. The number of hydrogen-bond acceptors (Lipinski definition) is 12. The topological polar surface area (TPSA) is 220 Å². The molecule has 0 fully saturated rings. The molecule has 2 amide bonds. The summed E-state index contributed by atoms with van der Waals surface area (Å²) in [7, 11) is -4.74. The second-order valence-corrected chi connectivity index (χ2v) is 16.5. The summed E-state index contributed by atoms with van der Waals surface area (Å²) in [5.41, 5.74) is 2.30. The summed E-state index contributed by atoms with van der Waals surface area (Å²) < 4.78 is 46.3. The molecule has 17 heteroatoms. The molecule has 3 N–H and O–H groups in total. The number of unbranched alkanes of at least 4 members (excludes halogenated alkanes) is 5. The maximum Gasteiger partial charge on any atom is 1.00 e. The number of benzene rings is 5. The molecule has 6 rings (SSSR count). The number of carbonyl (C=O) groups is 3. The van der Waals surface area contributed by atoms with E-state index in [1.165, 1.54) is 55.0 Å². The third-order valence-corrected chi connectivity index (χ3v) is 11.3. The Hall–Kier alpha value is -5.65. The molecule has 0 saturated carbocycles. The molecule has 0 aromatic heterocycles. The maximum absolute atomic E-state index is 13.4. The van der Waals surface area contributed by atoms with Crippen LogP contribution in [0.2, 0.25) is 0 Å². The average molecular weight is 900 g/mol. The van der Waals surface area contributed by atoms with Crippen LogP contribution in [-0.4, -0.2) is 65.9 Å². The van der Waals surface area contributed by atoms with Gasteiger partial charge in [-0.05, 0) is 110 Å². The Balaban J connectivity index is 0.00000771. The molecule has 1 aliphatic rings. The number of amides is 2. The summed E-state index contributed by atoms with van der Waals surface area (Å²) in [6.07, 6.45) is 10.5. The first-order chi connectivity index (χ1) is 30.4. The number of nitrogens with one attached hydrogen (secondary N) is 1. The molecule has 330 valence electrons. The molecule has 1 unspecified atom stereocenters. The monoisotopic (exact) mass is 899 g/mol. The molecule has 64 heavy (non-hydrogen) atoms. The van der Waals surface area contributed by atoms with Gasteiger partial charge in [-0.3, -0.25) is 9.59 Å². The Bertz CT molecular complexity index is 2600. The minimum atomic E-state index is -4.74. The maximum atomic E-state index is 13.4. The van der Waals surface area contributed by atoms with Crippen LogP contribution in [0.15, 0.2) is 117 Å². The summed E-state index contributed by atoms with van der Waals surface area (Å²) >= 11 is 0. The molecule has 0 bridgehead atoms. The van der Waals surface area contributed by atoms with Crippen LogP contribution in [0.3, 0.4) is 0 Å². The predicted molar refractivity (Wildman–Crippen MR) is 237 cm³/mol. The van der Waals surface area contributed by atoms with Crippen LogP contribution in [0.1, 0.15) is 86.7 Å². The third-order valence-electron chi connectivity index (χ3n) is 10.4. The van der Waals surface area contributed by atoms with E-state index in [4.69, 9.17) is 9.47 Å². The molecule has 5 aromatic carbocycles. The number of azo groups is 1. The van der Waals surface area contributed by atoms with E-state index < -0.39 is 44.6 Å². The number of aromatic hydroxyl groups is 1. The fourth-order valence-electron chi connectivity index (χ4n) is 7.04. The first-order valence-electron chi connectivity index (χ1n) is 21.1. The normalized spacial score (nSPS) is 13.8. The van der Waals surface area contributed by atoms with Gasteiger partial charge in [0.25, 0.3) is 11.8 Å². The SMILES string of the molecule is CCCCCc1ccc(OCCCCNC(=O)c2cc(Oc3ccc(N=NC4C(=O)N(c5ccc(S(=O)(=O)[O-])cc5)N=C4C(=O)O)cc3)c3ccccc3c2O)c(CCCCC)c1.[Na+]. The molecule has 0 radical (unpaired) electrons. The standard InChI is InChI=1S/C47H51N5O10S.Na/c1-3-5-7-13-31-17-26-40(32(29-31)14-8-6-4-2)61-28-12-11-27-48-45(54)39-30-41(37-15-9-10-16-38(37)44(39)53)62-35-22-18-33(19-23-35)49-50-42-43(47(56)57)51-52(46(42)55)34-20-24-36(25-21-34)63(58,59)60;/h9-10,15-26,29-30,42,53H,3-8,11-14,27-28H2,1-2H3,(H,48,54)(H,56,57)(H,58,59,60);/q;+1/p-1. The molecule has 15 nitrogen and oxygen atoms in total. The summed E-state index contributed by atoms with van der Waals surface area (Å²) in [5, 5.41) is 37.4. The summed E-state index contributed by atoms with van der Waals surface area (Å²) in [6.45, 7) is 5.29. The summed E-state index contributed by atoms with van der Waals surface area (Å²) in [5.74, 6) is -1.45. The number of rotatable bonds is 22. The van der Waals surface area contributed by atoms with Crippen LogP contribution >= 0.6 is 0 Å². The van der Waals surface area contributed by atoms with Crippen molar-refractivity contribution in [1.82, 2.24) is 5.32 Å². The number of carboxylic acids is 1. The molecule has 0 spiro atoms. The second kappa shape index (κ2) is 23.3. The minimum Gasteiger partial charge on any atom is -0.744 e. The van der Waals surface area contributed by atoms with Gasteiger partial charge in [-0.15, -0.1) is 0 Å². The molecule has 0 saturated heterocycles. The number of aliphatic carboxylic acids is 1. The van der Waals surface area contributed by atoms with Gasteiger partial charge in [0.1, 0.15) is 33.1 Å². The Morgan fingerprint density at radius 3 is 2.20 bits per heavy atom. The Morgan fingerprint density at radius 1 is 0.844 bits per heavy atom. The number of carbonyl (C=O) groups excluding carboxylic acids is 2. The van der Waals surface area contributed by atoms with Gasteiger partial charge < -0.3 is 29.6 Å². The Labute approximate surface area is 394 Å². The first kappa shape index (κ1) is 49.4. The molecule has 5 aromatic rings. The third kappa shape index (κ3) is 12.8. The number of carboxylic acid groups (broad SMARTS) is 1. The number of phenols is 1. The van der Waals surface area contributed by atoms with Crippen molar-refractivity contribution in [3.05, 3.63) is 114 Å². The van der Waals surface area contributed by atoms with E-state index in [1.807, 2.05) is 0 Å². The molecule has 1 atom stereocenters. The number of nitrogens with zero attached hydrogens (tertiary/aromatic N) is 4. The van der Waals surface area contributed by atoms with Crippen molar-refractivity contribution in [2.75, 3.05) is 18.2 Å². The van der Waals surface area contributed by atoms with Crippen LogP contribution in [-0.2, 0) is 32.5 Å². The van der Waals surface area contributed by atoms with E-state index in [9.17, 15) is 37.6 Å². The molecule has 1 heterocycles. The van der Waals surface area contributed by atoms with Crippen LogP contribution in [0.4, 0.5) is 11.4 Å². The minimum absolute atomic E-state index is 0. The number of hydrogen-bond donors (Lipinski definition) is 3. The van der Waals surface area contributed by atoms with Gasteiger partial charge in [-0.25, -0.2) is 13.2 Å². The largest absolute Gasteiger partial charge is 1.00 e. The number of aryl methyl sites for hydroxylation is 2. The van der Waals surface area contributed by atoms with Gasteiger partial charge in [-0.1, -0.05) is 75.9 Å². The quantitative estimate of drug-likeness (QED) is 0.0307.